The molecular weight excluding hydrogens is 321 g/mol. The maximum Gasteiger partial charge on any atom is 0.165 e. The van der Waals surface area contributed by atoms with Gasteiger partial charge in [-0.15, -0.1) is 0 Å². The van der Waals surface area contributed by atoms with Gasteiger partial charge in [0, 0.05) is 17.2 Å². The number of hydrogen-bond donors (Lipinski definition) is 1. The third-order valence-corrected chi connectivity index (χ3v) is 4.98. The first-order chi connectivity index (χ1) is 12.3. The van der Waals surface area contributed by atoms with Crippen LogP contribution in [-0.2, 0) is 0 Å². The molecule has 0 bridgehead atoms. The standard InChI is InChI=1S/C20H22FNO3/c1-23-18-11-14(21)5-6-16(18)19-12-24-17-4-2-3-15(20(17)25-19)13-7-9-22-10-8-13/h2-6,11,13,19,22H,7-10,12H2,1H3/t19-/m1/s1. The number of para-hydroxylation sites is 1. The summed E-state index contributed by atoms with van der Waals surface area (Å²) in [6.07, 6.45) is 1.86. The van der Waals surface area contributed by atoms with Crippen molar-refractivity contribution in [3.05, 3.63) is 53.3 Å². The van der Waals surface area contributed by atoms with Gasteiger partial charge in [-0.05, 0) is 50.0 Å². The Balaban J connectivity index is 1.66. The number of benzene rings is 2. The van der Waals surface area contributed by atoms with Crippen molar-refractivity contribution in [2.24, 2.45) is 0 Å². The minimum Gasteiger partial charge on any atom is -0.496 e. The van der Waals surface area contributed by atoms with Crippen LogP contribution in [0.5, 0.6) is 17.2 Å². The van der Waals surface area contributed by atoms with E-state index in [9.17, 15) is 4.39 Å². The molecule has 1 fully saturated rings. The van der Waals surface area contributed by atoms with Crippen molar-refractivity contribution in [2.75, 3.05) is 26.8 Å². The number of nitrogens with one attached hydrogen (secondary N) is 1. The maximum absolute atomic E-state index is 13.5. The number of piperidine rings is 1. The van der Waals surface area contributed by atoms with Gasteiger partial charge in [0.2, 0.25) is 0 Å². The predicted octanol–water partition coefficient (Wildman–Crippen LogP) is 3.81. The normalized spacial score (nSPS) is 20.3. The highest BCUT2D eigenvalue weighted by Crippen LogP contribution is 2.44. The fourth-order valence-corrected chi connectivity index (χ4v) is 3.67. The molecule has 132 valence electrons. The number of methoxy groups -OCH3 is 1. The highest BCUT2D eigenvalue weighted by molar-refractivity contribution is 5.50. The molecule has 4 rings (SSSR count). The van der Waals surface area contributed by atoms with E-state index in [1.165, 1.54) is 24.8 Å². The highest BCUT2D eigenvalue weighted by Gasteiger charge is 2.29. The van der Waals surface area contributed by atoms with Crippen LogP contribution in [0.1, 0.15) is 36.0 Å². The summed E-state index contributed by atoms with van der Waals surface area (Å²) in [6, 6.07) is 10.6. The van der Waals surface area contributed by atoms with Crippen LogP contribution < -0.4 is 19.5 Å². The van der Waals surface area contributed by atoms with Crippen molar-refractivity contribution in [3.63, 3.8) is 0 Å². The molecule has 2 aromatic rings. The highest BCUT2D eigenvalue weighted by atomic mass is 19.1. The van der Waals surface area contributed by atoms with E-state index in [2.05, 4.69) is 11.4 Å². The smallest absolute Gasteiger partial charge is 0.165 e. The molecule has 1 atom stereocenters. The second-order valence-corrected chi connectivity index (χ2v) is 6.50. The van der Waals surface area contributed by atoms with Crippen LogP contribution in [0, 0.1) is 5.82 Å². The monoisotopic (exact) mass is 343 g/mol. The first-order valence-corrected chi connectivity index (χ1v) is 8.73. The number of halogens is 1. The van der Waals surface area contributed by atoms with Gasteiger partial charge in [-0.1, -0.05) is 12.1 Å². The zero-order valence-corrected chi connectivity index (χ0v) is 14.3. The van der Waals surface area contributed by atoms with Crippen molar-refractivity contribution in [1.82, 2.24) is 5.32 Å². The topological polar surface area (TPSA) is 39.7 Å². The molecule has 0 amide bonds. The van der Waals surface area contributed by atoms with Crippen LogP contribution in [0.4, 0.5) is 4.39 Å². The van der Waals surface area contributed by atoms with Crippen LogP contribution in [0.2, 0.25) is 0 Å². The van der Waals surface area contributed by atoms with Gasteiger partial charge in [0.05, 0.1) is 7.11 Å². The van der Waals surface area contributed by atoms with Crippen molar-refractivity contribution in [2.45, 2.75) is 24.9 Å². The maximum atomic E-state index is 13.5. The van der Waals surface area contributed by atoms with Gasteiger partial charge in [-0.25, -0.2) is 4.39 Å². The average Bonchev–Trinajstić information content (AvgIpc) is 2.67. The second kappa shape index (κ2) is 6.92. The number of ether oxygens (including phenoxy) is 3. The van der Waals surface area contributed by atoms with E-state index in [0.29, 0.717) is 18.3 Å². The summed E-state index contributed by atoms with van der Waals surface area (Å²) in [7, 11) is 1.54. The van der Waals surface area contributed by atoms with Crippen LogP contribution >= 0.6 is 0 Å². The molecule has 0 aliphatic carbocycles. The Morgan fingerprint density at radius 2 is 1.96 bits per heavy atom. The summed E-state index contributed by atoms with van der Waals surface area (Å²) in [5, 5.41) is 3.40. The third-order valence-electron chi connectivity index (χ3n) is 4.98. The van der Waals surface area contributed by atoms with Crippen LogP contribution in [0.3, 0.4) is 0 Å². The van der Waals surface area contributed by atoms with Gasteiger partial charge < -0.3 is 19.5 Å². The molecule has 1 saturated heterocycles. The lowest BCUT2D eigenvalue weighted by Crippen LogP contribution is -2.28. The Kier molecular flexibility index (Phi) is 4.49. The fourth-order valence-electron chi connectivity index (χ4n) is 3.67. The van der Waals surface area contributed by atoms with Crippen molar-refractivity contribution < 1.29 is 18.6 Å². The molecular formula is C20H22FNO3. The van der Waals surface area contributed by atoms with Crippen LogP contribution in [0.25, 0.3) is 0 Å². The minimum atomic E-state index is -0.326. The zero-order chi connectivity index (χ0) is 17.2. The summed E-state index contributed by atoms with van der Waals surface area (Å²) in [4.78, 5) is 0. The fraction of sp³-hybridized carbons (Fsp3) is 0.400. The lowest BCUT2D eigenvalue weighted by molar-refractivity contribution is 0.0870. The molecule has 25 heavy (non-hydrogen) atoms. The van der Waals surface area contributed by atoms with E-state index in [4.69, 9.17) is 14.2 Å². The molecule has 2 aliphatic heterocycles. The lowest BCUT2D eigenvalue weighted by atomic mass is 9.89. The Morgan fingerprint density at radius 3 is 2.76 bits per heavy atom. The predicted molar refractivity (Wildman–Crippen MR) is 93.1 cm³/mol. The summed E-state index contributed by atoms with van der Waals surface area (Å²) < 4.78 is 31.1. The molecule has 0 aromatic heterocycles. The molecule has 0 spiro atoms. The van der Waals surface area contributed by atoms with Gasteiger partial charge in [0.25, 0.3) is 0 Å². The number of hydrogen-bond acceptors (Lipinski definition) is 4. The summed E-state index contributed by atoms with van der Waals surface area (Å²) in [5.74, 6) is 2.23. The van der Waals surface area contributed by atoms with Crippen molar-refractivity contribution >= 4 is 0 Å². The van der Waals surface area contributed by atoms with E-state index in [0.717, 1.165) is 43.0 Å². The van der Waals surface area contributed by atoms with E-state index in [1.54, 1.807) is 6.07 Å². The summed E-state index contributed by atoms with van der Waals surface area (Å²) in [6.45, 7) is 2.42. The first kappa shape index (κ1) is 16.2. The Labute approximate surface area is 146 Å². The molecule has 4 nitrogen and oxygen atoms in total. The van der Waals surface area contributed by atoms with E-state index in [1.807, 2.05) is 12.1 Å². The Bertz CT molecular complexity index is 759. The summed E-state index contributed by atoms with van der Waals surface area (Å²) >= 11 is 0. The molecule has 2 heterocycles. The molecule has 0 saturated carbocycles. The quantitative estimate of drug-likeness (QED) is 0.920. The van der Waals surface area contributed by atoms with E-state index in [-0.39, 0.29) is 11.9 Å². The van der Waals surface area contributed by atoms with Gasteiger partial charge in [-0.2, -0.15) is 0 Å². The van der Waals surface area contributed by atoms with Crippen LogP contribution in [-0.4, -0.2) is 26.8 Å². The number of rotatable bonds is 3. The molecule has 5 heteroatoms. The van der Waals surface area contributed by atoms with Crippen LogP contribution in [0.15, 0.2) is 36.4 Å². The molecule has 2 aromatic carbocycles. The third kappa shape index (κ3) is 3.16. The SMILES string of the molecule is COc1cc(F)ccc1[C@H]1COc2cccc(C3CCNCC3)c2O1. The average molecular weight is 343 g/mol. The van der Waals surface area contributed by atoms with Gasteiger partial charge >= 0.3 is 0 Å². The molecule has 0 radical (unpaired) electrons. The van der Waals surface area contributed by atoms with Crippen molar-refractivity contribution in [3.8, 4) is 17.2 Å². The Hall–Kier alpha value is -2.27. The lowest BCUT2D eigenvalue weighted by Gasteiger charge is -2.32. The number of fused-ring (bicyclic) bond motifs is 1. The van der Waals surface area contributed by atoms with E-state index >= 15 is 0 Å². The second-order valence-electron chi connectivity index (χ2n) is 6.50. The van der Waals surface area contributed by atoms with Gasteiger partial charge in [-0.3, -0.25) is 0 Å². The van der Waals surface area contributed by atoms with Gasteiger partial charge in [0.15, 0.2) is 17.6 Å². The molecule has 2 aliphatic rings. The summed E-state index contributed by atoms with van der Waals surface area (Å²) in [5.41, 5.74) is 2.00. The molecule has 1 N–H and O–H groups in total. The van der Waals surface area contributed by atoms with Gasteiger partial charge in [0.1, 0.15) is 18.2 Å². The largest absolute Gasteiger partial charge is 0.496 e. The first-order valence-electron chi connectivity index (χ1n) is 8.73. The zero-order valence-electron chi connectivity index (χ0n) is 14.3. The molecule has 0 unspecified atom stereocenters. The van der Waals surface area contributed by atoms with Crippen molar-refractivity contribution in [1.29, 1.82) is 0 Å². The minimum absolute atomic E-state index is 0.314. The van der Waals surface area contributed by atoms with E-state index < -0.39 is 0 Å². The Morgan fingerprint density at radius 1 is 1.12 bits per heavy atom.